The third-order valence-corrected chi connectivity index (χ3v) is 4.70. The number of nitrogens with zero attached hydrogens (tertiary/aromatic N) is 3. The molecule has 148 valence electrons. The molecule has 1 amide bonds. The zero-order valence-electron chi connectivity index (χ0n) is 16.0. The van der Waals surface area contributed by atoms with Gasteiger partial charge in [-0.05, 0) is 36.4 Å². The number of pyridine rings is 2. The molecular weight excluding hydrogens is 366 g/mol. The monoisotopic (exact) mass is 389 g/mol. The third-order valence-electron chi connectivity index (χ3n) is 4.70. The van der Waals surface area contributed by atoms with Gasteiger partial charge in [0.05, 0.1) is 36.8 Å². The minimum Gasteiger partial charge on any atom is -0.378 e. The number of amides is 1. The van der Waals surface area contributed by atoms with Crippen LogP contribution in [-0.2, 0) is 11.3 Å². The maximum absolute atomic E-state index is 12.9. The number of para-hydroxylation sites is 2. The highest BCUT2D eigenvalue weighted by molar-refractivity contribution is 6.06. The van der Waals surface area contributed by atoms with Crippen LogP contribution in [-0.4, -0.2) is 42.2 Å². The average molecular weight is 389 g/mol. The molecule has 7 nitrogen and oxygen atoms in total. The molecule has 1 saturated heterocycles. The second kappa shape index (κ2) is 9.16. The van der Waals surface area contributed by atoms with Crippen LogP contribution in [0.2, 0.25) is 0 Å². The van der Waals surface area contributed by atoms with Crippen LogP contribution >= 0.6 is 0 Å². The minimum absolute atomic E-state index is 0.172. The molecule has 1 aliphatic heterocycles. The minimum atomic E-state index is -0.172. The summed E-state index contributed by atoms with van der Waals surface area (Å²) in [6.45, 7) is 3.54. The van der Waals surface area contributed by atoms with Gasteiger partial charge in [-0.2, -0.15) is 0 Å². The van der Waals surface area contributed by atoms with Gasteiger partial charge < -0.3 is 20.3 Å². The maximum atomic E-state index is 12.9. The number of ether oxygens (including phenoxy) is 1. The van der Waals surface area contributed by atoms with Crippen molar-refractivity contribution in [2.24, 2.45) is 0 Å². The molecule has 1 fully saturated rings. The predicted molar refractivity (Wildman–Crippen MR) is 113 cm³/mol. The average Bonchev–Trinajstić information content (AvgIpc) is 2.79. The Hall–Kier alpha value is -3.45. The van der Waals surface area contributed by atoms with E-state index in [0.717, 1.165) is 30.2 Å². The molecule has 2 aromatic heterocycles. The Balaban J connectivity index is 1.45. The van der Waals surface area contributed by atoms with Gasteiger partial charge in [-0.1, -0.05) is 18.2 Å². The molecule has 0 saturated carbocycles. The summed E-state index contributed by atoms with van der Waals surface area (Å²) in [6, 6.07) is 17.0. The van der Waals surface area contributed by atoms with Crippen LogP contribution in [0.4, 0.5) is 17.2 Å². The van der Waals surface area contributed by atoms with Crippen molar-refractivity contribution in [2.75, 3.05) is 41.8 Å². The number of carbonyl (C=O) groups excluding carboxylic acids is 1. The molecule has 1 aliphatic rings. The second-order valence-corrected chi connectivity index (χ2v) is 6.68. The lowest BCUT2D eigenvalue weighted by atomic mass is 10.2. The number of nitrogens with one attached hydrogen (secondary N) is 2. The molecule has 0 unspecified atom stereocenters. The van der Waals surface area contributed by atoms with Crippen molar-refractivity contribution >= 4 is 23.1 Å². The lowest BCUT2D eigenvalue weighted by Gasteiger charge is -2.30. The first-order chi connectivity index (χ1) is 14.3. The fourth-order valence-electron chi connectivity index (χ4n) is 3.21. The van der Waals surface area contributed by atoms with Gasteiger partial charge >= 0.3 is 0 Å². The number of hydrogen-bond acceptors (Lipinski definition) is 6. The number of carbonyl (C=O) groups is 1. The van der Waals surface area contributed by atoms with Crippen molar-refractivity contribution < 1.29 is 9.53 Å². The van der Waals surface area contributed by atoms with Gasteiger partial charge in [0.25, 0.3) is 5.91 Å². The van der Waals surface area contributed by atoms with Crippen molar-refractivity contribution in [3.8, 4) is 0 Å². The molecule has 29 heavy (non-hydrogen) atoms. The first kappa shape index (κ1) is 18.9. The summed E-state index contributed by atoms with van der Waals surface area (Å²) in [5.41, 5.74) is 3.25. The lowest BCUT2D eigenvalue weighted by Crippen LogP contribution is -2.36. The zero-order chi connectivity index (χ0) is 19.9. The van der Waals surface area contributed by atoms with E-state index in [2.05, 4.69) is 25.5 Å². The van der Waals surface area contributed by atoms with Gasteiger partial charge in [0.2, 0.25) is 0 Å². The molecule has 0 spiro atoms. The summed E-state index contributed by atoms with van der Waals surface area (Å²) in [4.78, 5) is 23.7. The molecule has 3 aromatic rings. The normalized spacial score (nSPS) is 13.7. The lowest BCUT2D eigenvalue weighted by molar-refractivity contribution is 0.102. The number of hydrogen-bond donors (Lipinski definition) is 2. The number of aromatic nitrogens is 2. The Morgan fingerprint density at radius 1 is 1.00 bits per heavy atom. The highest BCUT2D eigenvalue weighted by Gasteiger charge is 2.16. The van der Waals surface area contributed by atoms with E-state index in [1.807, 2.05) is 42.5 Å². The van der Waals surface area contributed by atoms with Crippen LogP contribution in [0, 0.1) is 0 Å². The molecule has 3 heterocycles. The van der Waals surface area contributed by atoms with E-state index >= 15 is 0 Å². The summed E-state index contributed by atoms with van der Waals surface area (Å²) in [5.74, 6) is 0.457. The smallest absolute Gasteiger partial charge is 0.255 e. The van der Waals surface area contributed by atoms with E-state index in [-0.39, 0.29) is 5.91 Å². The van der Waals surface area contributed by atoms with E-state index < -0.39 is 0 Å². The van der Waals surface area contributed by atoms with Gasteiger partial charge in [-0.15, -0.1) is 0 Å². The second-order valence-electron chi connectivity index (χ2n) is 6.68. The first-order valence-electron chi connectivity index (χ1n) is 9.62. The fraction of sp³-hybridized carbons (Fsp3) is 0.227. The summed E-state index contributed by atoms with van der Waals surface area (Å²) in [7, 11) is 0. The summed E-state index contributed by atoms with van der Waals surface area (Å²) in [5, 5.41) is 6.24. The van der Waals surface area contributed by atoms with Crippen molar-refractivity contribution in [3.05, 3.63) is 78.2 Å². The van der Waals surface area contributed by atoms with Crippen molar-refractivity contribution in [1.29, 1.82) is 0 Å². The molecule has 7 heteroatoms. The Bertz CT molecular complexity index is 958. The Morgan fingerprint density at radius 2 is 1.83 bits per heavy atom. The molecule has 0 radical (unpaired) electrons. The quantitative estimate of drug-likeness (QED) is 0.674. The Kier molecular flexibility index (Phi) is 5.97. The third kappa shape index (κ3) is 4.89. The van der Waals surface area contributed by atoms with E-state index in [9.17, 15) is 4.79 Å². The Labute approximate surface area is 169 Å². The highest BCUT2D eigenvalue weighted by Crippen LogP contribution is 2.27. The predicted octanol–water partition coefficient (Wildman–Crippen LogP) is 3.18. The van der Waals surface area contributed by atoms with E-state index in [1.165, 1.54) is 0 Å². The van der Waals surface area contributed by atoms with Crippen LogP contribution in [0.3, 0.4) is 0 Å². The number of anilines is 3. The molecule has 1 aromatic carbocycles. The van der Waals surface area contributed by atoms with Gasteiger partial charge in [0.15, 0.2) is 0 Å². The summed E-state index contributed by atoms with van der Waals surface area (Å²) in [6.07, 6.45) is 3.38. The van der Waals surface area contributed by atoms with Crippen LogP contribution in [0.5, 0.6) is 0 Å². The van der Waals surface area contributed by atoms with E-state index in [0.29, 0.717) is 31.1 Å². The molecule has 4 rings (SSSR count). The number of morpholine rings is 1. The van der Waals surface area contributed by atoms with Crippen LogP contribution in [0.15, 0.2) is 67.0 Å². The SMILES string of the molecule is O=C(Nc1ccccc1N1CCOCC1)c1ccnc(NCc2ccccn2)c1. The topological polar surface area (TPSA) is 79.4 Å². The van der Waals surface area contributed by atoms with Crippen molar-refractivity contribution in [2.45, 2.75) is 6.54 Å². The van der Waals surface area contributed by atoms with Gasteiger partial charge in [0, 0.05) is 31.0 Å². The van der Waals surface area contributed by atoms with Crippen LogP contribution in [0.1, 0.15) is 16.1 Å². The van der Waals surface area contributed by atoms with E-state index in [4.69, 9.17) is 4.74 Å². The molecule has 0 atom stereocenters. The fourth-order valence-corrected chi connectivity index (χ4v) is 3.21. The maximum Gasteiger partial charge on any atom is 0.255 e. The van der Waals surface area contributed by atoms with Crippen molar-refractivity contribution in [1.82, 2.24) is 9.97 Å². The summed E-state index contributed by atoms with van der Waals surface area (Å²) < 4.78 is 5.43. The van der Waals surface area contributed by atoms with Gasteiger partial charge in [-0.3, -0.25) is 9.78 Å². The molecule has 0 aliphatic carbocycles. The largest absolute Gasteiger partial charge is 0.378 e. The highest BCUT2D eigenvalue weighted by atomic mass is 16.5. The van der Waals surface area contributed by atoms with Crippen LogP contribution in [0.25, 0.3) is 0 Å². The zero-order valence-corrected chi connectivity index (χ0v) is 16.0. The first-order valence-corrected chi connectivity index (χ1v) is 9.62. The standard InChI is InChI=1S/C22H23N5O2/c28-22(26-19-6-1-2-7-20(19)27-11-13-29-14-12-27)17-8-10-24-21(15-17)25-16-18-5-3-4-9-23-18/h1-10,15H,11-14,16H2,(H,24,25)(H,26,28). The van der Waals surface area contributed by atoms with Gasteiger partial charge in [-0.25, -0.2) is 4.98 Å². The summed E-state index contributed by atoms with van der Waals surface area (Å²) >= 11 is 0. The molecular formula is C22H23N5O2. The van der Waals surface area contributed by atoms with Gasteiger partial charge in [0.1, 0.15) is 5.82 Å². The van der Waals surface area contributed by atoms with Crippen molar-refractivity contribution in [3.63, 3.8) is 0 Å². The van der Waals surface area contributed by atoms with Crippen LogP contribution < -0.4 is 15.5 Å². The Morgan fingerprint density at radius 3 is 2.66 bits per heavy atom. The van der Waals surface area contributed by atoms with E-state index in [1.54, 1.807) is 24.5 Å². The molecule has 0 bridgehead atoms. The molecule has 2 N–H and O–H groups in total. The number of benzene rings is 1. The number of rotatable bonds is 6.